The van der Waals surface area contributed by atoms with E-state index in [0.29, 0.717) is 42.3 Å². The maximum Gasteiger partial charge on any atom is 0.255 e. The number of piperazine rings is 1. The Kier molecular flexibility index (Phi) is 5.66. The number of halogens is 1. The highest BCUT2D eigenvalue weighted by Gasteiger charge is 2.26. The van der Waals surface area contributed by atoms with Gasteiger partial charge in [-0.05, 0) is 42.7 Å². The van der Waals surface area contributed by atoms with Crippen LogP contribution >= 0.6 is 23.4 Å². The first-order chi connectivity index (χ1) is 12.1. The zero-order valence-electron chi connectivity index (χ0n) is 13.9. The van der Waals surface area contributed by atoms with E-state index in [1.165, 1.54) is 0 Å². The molecule has 0 N–H and O–H groups in total. The summed E-state index contributed by atoms with van der Waals surface area (Å²) in [5.41, 5.74) is 1.19. The largest absolute Gasteiger partial charge is 0.335 e. The zero-order chi connectivity index (χ0) is 17.8. The highest BCUT2D eigenvalue weighted by atomic mass is 35.5. The zero-order valence-corrected chi connectivity index (χ0v) is 15.5. The molecule has 0 aliphatic carbocycles. The smallest absolute Gasteiger partial charge is 0.255 e. The Morgan fingerprint density at radius 3 is 2.00 bits per heavy atom. The predicted molar refractivity (Wildman–Crippen MR) is 101 cm³/mol. The van der Waals surface area contributed by atoms with Crippen LogP contribution in [0.3, 0.4) is 0 Å². The molecule has 0 saturated carbocycles. The standard InChI is InChI=1S/C19H19ClN2O2S/c1-25-15-8-6-14(7-9-15)18(23)21-10-12-22(13-11-21)19(24)16-4-2-3-5-17(16)20/h2-9H,10-13H2,1H3. The number of carbonyl (C=O) groups is 2. The summed E-state index contributed by atoms with van der Waals surface area (Å²) in [6.07, 6.45) is 2.01. The summed E-state index contributed by atoms with van der Waals surface area (Å²) in [5, 5.41) is 0.458. The fourth-order valence-corrected chi connectivity index (χ4v) is 3.46. The van der Waals surface area contributed by atoms with Gasteiger partial charge in [0.1, 0.15) is 0 Å². The molecule has 6 heteroatoms. The number of rotatable bonds is 3. The molecule has 0 atom stereocenters. The van der Waals surface area contributed by atoms with E-state index in [1.807, 2.05) is 30.5 Å². The van der Waals surface area contributed by atoms with E-state index in [9.17, 15) is 9.59 Å². The summed E-state index contributed by atoms with van der Waals surface area (Å²) in [7, 11) is 0. The Labute approximate surface area is 156 Å². The van der Waals surface area contributed by atoms with E-state index in [-0.39, 0.29) is 11.8 Å². The van der Waals surface area contributed by atoms with Crippen molar-refractivity contribution in [1.82, 2.24) is 9.80 Å². The summed E-state index contributed by atoms with van der Waals surface area (Å²) in [6, 6.07) is 14.7. The van der Waals surface area contributed by atoms with E-state index in [2.05, 4.69) is 0 Å². The number of amides is 2. The Balaban J connectivity index is 1.62. The normalized spacial score (nSPS) is 14.5. The second kappa shape index (κ2) is 7.93. The van der Waals surface area contributed by atoms with Crippen LogP contribution in [0.15, 0.2) is 53.4 Å². The lowest BCUT2D eigenvalue weighted by Gasteiger charge is -2.35. The van der Waals surface area contributed by atoms with E-state index in [0.717, 1.165) is 4.90 Å². The minimum absolute atomic E-state index is 0.0116. The molecule has 25 heavy (non-hydrogen) atoms. The lowest BCUT2D eigenvalue weighted by Crippen LogP contribution is -2.50. The number of benzene rings is 2. The van der Waals surface area contributed by atoms with Gasteiger partial charge in [-0.15, -0.1) is 11.8 Å². The van der Waals surface area contributed by atoms with Crippen molar-refractivity contribution in [3.8, 4) is 0 Å². The number of hydrogen-bond donors (Lipinski definition) is 0. The fourth-order valence-electron chi connectivity index (χ4n) is 2.83. The summed E-state index contributed by atoms with van der Waals surface area (Å²) >= 11 is 7.76. The van der Waals surface area contributed by atoms with Crippen LogP contribution in [-0.4, -0.2) is 54.0 Å². The van der Waals surface area contributed by atoms with Crippen LogP contribution < -0.4 is 0 Å². The Hall–Kier alpha value is -1.98. The Morgan fingerprint density at radius 2 is 1.44 bits per heavy atom. The molecule has 0 spiro atoms. The van der Waals surface area contributed by atoms with Crippen molar-refractivity contribution >= 4 is 35.2 Å². The van der Waals surface area contributed by atoms with Gasteiger partial charge in [0.2, 0.25) is 0 Å². The monoisotopic (exact) mass is 374 g/mol. The van der Waals surface area contributed by atoms with Crippen LogP contribution in [-0.2, 0) is 0 Å². The second-order valence-electron chi connectivity index (χ2n) is 5.79. The molecule has 1 aliphatic heterocycles. The van der Waals surface area contributed by atoms with E-state index in [4.69, 9.17) is 11.6 Å². The number of hydrogen-bond acceptors (Lipinski definition) is 3. The van der Waals surface area contributed by atoms with Crippen molar-refractivity contribution in [2.45, 2.75) is 4.90 Å². The van der Waals surface area contributed by atoms with Crippen molar-refractivity contribution in [2.24, 2.45) is 0 Å². The van der Waals surface area contributed by atoms with E-state index >= 15 is 0 Å². The van der Waals surface area contributed by atoms with Gasteiger partial charge in [-0.1, -0.05) is 23.7 Å². The SMILES string of the molecule is CSc1ccc(C(=O)N2CCN(C(=O)c3ccccc3Cl)CC2)cc1. The van der Waals surface area contributed by atoms with Crippen LogP contribution in [0.2, 0.25) is 5.02 Å². The minimum Gasteiger partial charge on any atom is -0.335 e. The maximum absolute atomic E-state index is 12.6. The number of carbonyl (C=O) groups excluding carboxylic acids is 2. The summed E-state index contributed by atoms with van der Waals surface area (Å²) < 4.78 is 0. The van der Waals surface area contributed by atoms with Crippen LogP contribution in [0.1, 0.15) is 20.7 Å². The molecule has 1 saturated heterocycles. The summed E-state index contributed by atoms with van der Waals surface area (Å²) in [6.45, 7) is 2.08. The van der Waals surface area contributed by atoms with Gasteiger partial charge in [-0.2, -0.15) is 0 Å². The van der Waals surface area contributed by atoms with Crippen molar-refractivity contribution in [2.75, 3.05) is 32.4 Å². The van der Waals surface area contributed by atoms with Gasteiger partial charge in [0.05, 0.1) is 10.6 Å². The highest BCUT2D eigenvalue weighted by molar-refractivity contribution is 7.98. The van der Waals surface area contributed by atoms with Gasteiger partial charge in [-0.3, -0.25) is 9.59 Å². The lowest BCUT2D eigenvalue weighted by atomic mass is 10.1. The van der Waals surface area contributed by atoms with Gasteiger partial charge >= 0.3 is 0 Å². The molecule has 2 amide bonds. The molecule has 0 radical (unpaired) electrons. The average Bonchev–Trinajstić information content (AvgIpc) is 2.67. The first kappa shape index (κ1) is 17.8. The molecule has 1 fully saturated rings. The first-order valence-corrected chi connectivity index (χ1v) is 9.67. The molecule has 130 valence electrons. The summed E-state index contributed by atoms with van der Waals surface area (Å²) in [4.78, 5) is 29.8. The third kappa shape index (κ3) is 3.99. The fraction of sp³-hybridized carbons (Fsp3) is 0.263. The third-order valence-corrected chi connectivity index (χ3v) is 5.37. The first-order valence-electron chi connectivity index (χ1n) is 8.07. The Morgan fingerprint density at radius 1 is 0.880 bits per heavy atom. The minimum atomic E-state index is -0.0815. The molecule has 4 nitrogen and oxygen atoms in total. The molecular formula is C19H19ClN2O2S. The van der Waals surface area contributed by atoms with Gasteiger partial charge in [-0.25, -0.2) is 0 Å². The molecular weight excluding hydrogens is 356 g/mol. The lowest BCUT2D eigenvalue weighted by molar-refractivity contribution is 0.0535. The molecule has 0 aromatic heterocycles. The third-order valence-electron chi connectivity index (χ3n) is 4.30. The van der Waals surface area contributed by atoms with Crippen LogP contribution in [0, 0.1) is 0 Å². The van der Waals surface area contributed by atoms with Gasteiger partial charge in [0.15, 0.2) is 0 Å². The topological polar surface area (TPSA) is 40.6 Å². The van der Waals surface area contributed by atoms with E-state index in [1.54, 1.807) is 45.8 Å². The molecule has 0 unspecified atom stereocenters. The van der Waals surface area contributed by atoms with Crippen molar-refractivity contribution in [3.63, 3.8) is 0 Å². The van der Waals surface area contributed by atoms with Crippen molar-refractivity contribution in [3.05, 3.63) is 64.7 Å². The Bertz CT molecular complexity index is 771. The van der Waals surface area contributed by atoms with Crippen molar-refractivity contribution < 1.29 is 9.59 Å². The van der Waals surface area contributed by atoms with Crippen LogP contribution in [0.25, 0.3) is 0 Å². The molecule has 1 aliphatic rings. The molecule has 2 aromatic carbocycles. The van der Waals surface area contributed by atoms with Crippen LogP contribution in [0.4, 0.5) is 0 Å². The van der Waals surface area contributed by atoms with Gasteiger partial charge in [0, 0.05) is 36.6 Å². The average molecular weight is 375 g/mol. The quantitative estimate of drug-likeness (QED) is 0.770. The van der Waals surface area contributed by atoms with Gasteiger partial charge < -0.3 is 9.80 Å². The molecule has 1 heterocycles. The maximum atomic E-state index is 12.6. The molecule has 0 bridgehead atoms. The molecule has 2 aromatic rings. The predicted octanol–water partition coefficient (Wildman–Crippen LogP) is 3.66. The van der Waals surface area contributed by atoms with E-state index < -0.39 is 0 Å². The summed E-state index contributed by atoms with van der Waals surface area (Å²) in [5.74, 6) is -0.0699. The highest BCUT2D eigenvalue weighted by Crippen LogP contribution is 2.19. The molecule has 3 rings (SSSR count). The van der Waals surface area contributed by atoms with Crippen molar-refractivity contribution in [1.29, 1.82) is 0 Å². The van der Waals surface area contributed by atoms with Crippen LogP contribution in [0.5, 0.6) is 0 Å². The van der Waals surface area contributed by atoms with Gasteiger partial charge in [0.25, 0.3) is 11.8 Å². The number of nitrogens with zero attached hydrogens (tertiary/aromatic N) is 2. The number of thioether (sulfide) groups is 1. The second-order valence-corrected chi connectivity index (χ2v) is 7.08.